The fourth-order valence-electron chi connectivity index (χ4n) is 2.30. The molecule has 7 nitrogen and oxygen atoms in total. The molecule has 0 amide bonds. The third-order valence-corrected chi connectivity index (χ3v) is 5.51. The van der Waals surface area contributed by atoms with E-state index in [1.807, 2.05) is 13.0 Å². The van der Waals surface area contributed by atoms with Gasteiger partial charge < -0.3 is 9.47 Å². The molecule has 0 rings (SSSR count). The molecule has 0 aliphatic carbocycles. The Labute approximate surface area is 175 Å². The lowest BCUT2D eigenvalue weighted by Gasteiger charge is -2.18. The molecule has 0 saturated carbocycles. The van der Waals surface area contributed by atoms with E-state index < -0.39 is 19.9 Å². The maximum atomic E-state index is 11.9. The van der Waals surface area contributed by atoms with Crippen molar-refractivity contribution in [3.05, 3.63) is 34.9 Å². The summed E-state index contributed by atoms with van der Waals surface area (Å²) >= 11 is 0. The fourth-order valence-corrected chi connectivity index (χ4v) is 2.98. The molecule has 0 aliphatic rings. The van der Waals surface area contributed by atoms with Gasteiger partial charge in [0.2, 0.25) is 0 Å². The Balaban J connectivity index is 4.48. The molecule has 0 spiro atoms. The number of carbonyl (C=O) groups is 1. The Hall–Kier alpha value is -1.24. The van der Waals surface area contributed by atoms with E-state index in [1.165, 1.54) is 32.5 Å². The standard InChI is InChI=1S/C21H37O7P/c1-17(2)10-8-11-18(3)12-9-13-19(4)14-15-27-20(21(22)24-5)16-28-29(23,25-6)26-7/h10,12,14,20H,8-9,11,13,15-16H2,1-7H3/b18-12+,19-14-/t20-/m1/s1. The van der Waals surface area contributed by atoms with Gasteiger partial charge in [0.25, 0.3) is 0 Å². The maximum absolute atomic E-state index is 11.9. The second-order valence-corrected chi connectivity index (χ2v) is 8.80. The summed E-state index contributed by atoms with van der Waals surface area (Å²) in [6.07, 6.45) is 9.40. The second kappa shape index (κ2) is 15.6. The lowest BCUT2D eigenvalue weighted by molar-refractivity contribution is -0.155. The molecule has 0 aromatic rings. The largest absolute Gasteiger partial charge is 0.474 e. The Kier molecular flexibility index (Phi) is 14.9. The van der Waals surface area contributed by atoms with E-state index in [2.05, 4.69) is 42.0 Å². The molecule has 8 heteroatoms. The Morgan fingerprint density at radius 1 is 0.897 bits per heavy atom. The van der Waals surface area contributed by atoms with Crippen LogP contribution >= 0.6 is 7.82 Å². The summed E-state index contributed by atoms with van der Waals surface area (Å²) in [5, 5.41) is 0. The molecule has 0 fully saturated rings. The zero-order valence-electron chi connectivity index (χ0n) is 18.9. The maximum Gasteiger partial charge on any atom is 0.474 e. The molecule has 29 heavy (non-hydrogen) atoms. The lowest BCUT2D eigenvalue weighted by Crippen LogP contribution is -2.30. The monoisotopic (exact) mass is 432 g/mol. The van der Waals surface area contributed by atoms with Gasteiger partial charge in [0.05, 0.1) is 20.3 Å². The Morgan fingerprint density at radius 2 is 1.45 bits per heavy atom. The normalized spacial score (nSPS) is 13.9. The van der Waals surface area contributed by atoms with Gasteiger partial charge in [-0.3, -0.25) is 13.6 Å². The van der Waals surface area contributed by atoms with Crippen LogP contribution in [0.3, 0.4) is 0 Å². The third kappa shape index (κ3) is 13.6. The van der Waals surface area contributed by atoms with Crippen molar-refractivity contribution in [3.8, 4) is 0 Å². The summed E-state index contributed by atoms with van der Waals surface area (Å²) in [5.41, 5.74) is 3.89. The van der Waals surface area contributed by atoms with Gasteiger partial charge in [0.15, 0.2) is 6.10 Å². The van der Waals surface area contributed by atoms with Gasteiger partial charge in [-0.1, -0.05) is 34.9 Å². The predicted octanol–water partition coefficient (Wildman–Crippen LogP) is 5.38. The number of phosphoric ester groups is 1. The van der Waals surface area contributed by atoms with E-state index in [0.29, 0.717) is 0 Å². The number of hydrogen-bond donors (Lipinski definition) is 0. The van der Waals surface area contributed by atoms with Crippen molar-refractivity contribution in [1.82, 2.24) is 0 Å². The number of carbonyl (C=O) groups excluding carboxylic acids is 1. The zero-order chi connectivity index (χ0) is 22.3. The van der Waals surface area contributed by atoms with Crippen LogP contribution in [-0.2, 0) is 32.4 Å². The van der Waals surface area contributed by atoms with Gasteiger partial charge in [-0.15, -0.1) is 0 Å². The molecule has 1 atom stereocenters. The van der Waals surface area contributed by atoms with Crippen molar-refractivity contribution in [2.45, 2.75) is 59.5 Å². The summed E-state index contributed by atoms with van der Waals surface area (Å²) < 4.78 is 36.6. The highest BCUT2D eigenvalue weighted by Crippen LogP contribution is 2.47. The van der Waals surface area contributed by atoms with E-state index in [-0.39, 0.29) is 13.2 Å². The zero-order valence-corrected chi connectivity index (χ0v) is 19.8. The third-order valence-electron chi connectivity index (χ3n) is 4.15. The van der Waals surface area contributed by atoms with Crippen molar-refractivity contribution in [2.24, 2.45) is 0 Å². The molecule has 0 aromatic carbocycles. The first-order valence-electron chi connectivity index (χ1n) is 9.67. The van der Waals surface area contributed by atoms with Crippen molar-refractivity contribution in [2.75, 3.05) is 34.5 Å². The van der Waals surface area contributed by atoms with Gasteiger partial charge >= 0.3 is 13.8 Å². The van der Waals surface area contributed by atoms with E-state index in [1.54, 1.807) is 0 Å². The Bertz CT molecular complexity index is 611. The van der Waals surface area contributed by atoms with Crippen LogP contribution < -0.4 is 0 Å². The molecule has 0 saturated heterocycles. The fraction of sp³-hybridized carbons (Fsp3) is 0.667. The first kappa shape index (κ1) is 27.8. The molecule has 0 radical (unpaired) electrons. The van der Waals surface area contributed by atoms with Crippen LogP contribution in [-0.4, -0.2) is 46.6 Å². The summed E-state index contributed by atoms with van der Waals surface area (Å²) in [7, 11) is -0.0465. The molecular weight excluding hydrogens is 395 g/mol. The van der Waals surface area contributed by atoms with Gasteiger partial charge in [-0.25, -0.2) is 9.36 Å². The summed E-state index contributed by atoms with van der Waals surface area (Å²) in [5.74, 6) is -0.621. The molecule has 0 heterocycles. The van der Waals surface area contributed by atoms with Gasteiger partial charge in [0.1, 0.15) is 0 Å². The van der Waals surface area contributed by atoms with Gasteiger partial charge in [0, 0.05) is 14.2 Å². The van der Waals surface area contributed by atoms with Crippen molar-refractivity contribution < 1.29 is 32.4 Å². The molecule has 168 valence electrons. The van der Waals surface area contributed by atoms with Crippen molar-refractivity contribution in [1.29, 1.82) is 0 Å². The van der Waals surface area contributed by atoms with E-state index in [4.69, 9.17) is 14.0 Å². The highest BCUT2D eigenvalue weighted by atomic mass is 31.2. The first-order chi connectivity index (χ1) is 13.7. The number of rotatable bonds is 15. The lowest BCUT2D eigenvalue weighted by atomic mass is 10.1. The van der Waals surface area contributed by atoms with Gasteiger partial charge in [-0.2, -0.15) is 0 Å². The molecular formula is C21H37O7P. The van der Waals surface area contributed by atoms with Crippen LogP contribution in [0.5, 0.6) is 0 Å². The minimum absolute atomic E-state index is 0.211. The Morgan fingerprint density at radius 3 is 1.97 bits per heavy atom. The SMILES string of the molecule is COC(=O)[C@@H](COP(=O)(OC)OC)OC/C=C(/C)CC/C=C(\C)CCC=C(C)C. The number of ether oxygens (including phenoxy) is 2. The van der Waals surface area contributed by atoms with Gasteiger partial charge in [-0.05, 0) is 53.4 Å². The highest BCUT2D eigenvalue weighted by Gasteiger charge is 2.28. The van der Waals surface area contributed by atoms with Crippen LogP contribution in [0.4, 0.5) is 0 Å². The minimum Gasteiger partial charge on any atom is -0.467 e. The summed E-state index contributed by atoms with van der Waals surface area (Å²) in [6, 6.07) is 0. The molecule has 0 unspecified atom stereocenters. The van der Waals surface area contributed by atoms with E-state index in [0.717, 1.165) is 31.3 Å². The number of methoxy groups -OCH3 is 1. The van der Waals surface area contributed by atoms with Crippen molar-refractivity contribution in [3.63, 3.8) is 0 Å². The number of esters is 1. The smallest absolute Gasteiger partial charge is 0.467 e. The molecule has 0 aliphatic heterocycles. The average Bonchev–Trinajstić information content (AvgIpc) is 2.69. The quantitative estimate of drug-likeness (QED) is 0.195. The average molecular weight is 432 g/mol. The number of allylic oxidation sites excluding steroid dienone is 5. The van der Waals surface area contributed by atoms with Crippen LogP contribution in [0, 0.1) is 0 Å². The van der Waals surface area contributed by atoms with Crippen LogP contribution in [0.1, 0.15) is 53.4 Å². The highest BCUT2D eigenvalue weighted by molar-refractivity contribution is 7.48. The van der Waals surface area contributed by atoms with Crippen molar-refractivity contribution >= 4 is 13.8 Å². The van der Waals surface area contributed by atoms with E-state index in [9.17, 15) is 9.36 Å². The second-order valence-electron chi connectivity index (χ2n) is 6.91. The predicted molar refractivity (Wildman–Crippen MR) is 115 cm³/mol. The molecule has 0 bridgehead atoms. The molecule has 0 N–H and O–H groups in total. The summed E-state index contributed by atoms with van der Waals surface area (Å²) in [6.45, 7) is 8.30. The first-order valence-corrected chi connectivity index (χ1v) is 11.1. The van der Waals surface area contributed by atoms with Crippen LogP contribution in [0.15, 0.2) is 34.9 Å². The topological polar surface area (TPSA) is 80.3 Å². The molecule has 0 aromatic heterocycles. The minimum atomic E-state index is -3.69. The summed E-state index contributed by atoms with van der Waals surface area (Å²) in [4.78, 5) is 11.8. The van der Waals surface area contributed by atoms with Crippen LogP contribution in [0.25, 0.3) is 0 Å². The van der Waals surface area contributed by atoms with Crippen LogP contribution in [0.2, 0.25) is 0 Å². The van der Waals surface area contributed by atoms with E-state index >= 15 is 0 Å². The number of hydrogen-bond acceptors (Lipinski definition) is 7. The number of phosphoric acid groups is 1.